The standard InChI is InChI=1S/C24H28N2O5/c1-24(2,3)15-9-10-18(31-5)16(14-15)21(27)19-20(17-8-6-7-11-25-17)26(12-13-30-4)23(29)22(19)28/h6-11,14,20,27H,12-13H2,1-5H3/b21-19+. The van der Waals surface area contributed by atoms with Crippen LogP contribution in [0, 0.1) is 0 Å². The topological polar surface area (TPSA) is 89.0 Å². The van der Waals surface area contributed by atoms with Gasteiger partial charge in [0.05, 0.1) is 30.5 Å². The summed E-state index contributed by atoms with van der Waals surface area (Å²) in [5.41, 5.74) is 1.61. The van der Waals surface area contributed by atoms with Crippen LogP contribution in [-0.4, -0.2) is 54.1 Å². The molecule has 7 nitrogen and oxygen atoms in total. The first-order valence-electron chi connectivity index (χ1n) is 10.1. The number of aromatic nitrogens is 1. The predicted octanol–water partition coefficient (Wildman–Crippen LogP) is 3.46. The molecule has 3 rings (SSSR count). The van der Waals surface area contributed by atoms with Crippen LogP contribution in [0.2, 0.25) is 0 Å². The number of ketones is 1. The van der Waals surface area contributed by atoms with Crippen LogP contribution >= 0.6 is 0 Å². The molecule has 1 aliphatic rings. The number of carbonyl (C=O) groups excluding carboxylic acids is 2. The van der Waals surface area contributed by atoms with Crippen molar-refractivity contribution in [2.24, 2.45) is 0 Å². The van der Waals surface area contributed by atoms with Gasteiger partial charge >= 0.3 is 0 Å². The molecule has 0 radical (unpaired) electrons. The van der Waals surface area contributed by atoms with Crippen LogP contribution in [0.4, 0.5) is 0 Å². The number of aliphatic hydroxyl groups is 1. The molecule has 7 heteroatoms. The lowest BCUT2D eigenvalue weighted by molar-refractivity contribution is -0.140. The zero-order valence-electron chi connectivity index (χ0n) is 18.5. The van der Waals surface area contributed by atoms with Crippen LogP contribution in [0.3, 0.4) is 0 Å². The van der Waals surface area contributed by atoms with Crippen molar-refractivity contribution in [1.82, 2.24) is 9.88 Å². The van der Waals surface area contributed by atoms with Gasteiger partial charge in [-0.1, -0.05) is 32.9 Å². The molecular weight excluding hydrogens is 396 g/mol. The number of aliphatic hydroxyl groups excluding tert-OH is 1. The van der Waals surface area contributed by atoms with Gasteiger partial charge in [0, 0.05) is 19.9 Å². The average Bonchev–Trinajstić information content (AvgIpc) is 3.01. The number of pyridine rings is 1. The van der Waals surface area contributed by atoms with Crippen LogP contribution in [0.5, 0.6) is 5.75 Å². The Balaban J connectivity index is 2.24. The molecule has 1 aromatic heterocycles. The first-order chi connectivity index (χ1) is 14.7. The first kappa shape index (κ1) is 22.5. The van der Waals surface area contributed by atoms with Gasteiger partial charge in [-0.05, 0) is 35.2 Å². The van der Waals surface area contributed by atoms with Gasteiger partial charge in [-0.25, -0.2) is 0 Å². The van der Waals surface area contributed by atoms with E-state index in [2.05, 4.69) is 25.8 Å². The van der Waals surface area contributed by atoms with Gasteiger partial charge in [0.1, 0.15) is 17.6 Å². The van der Waals surface area contributed by atoms with E-state index >= 15 is 0 Å². The van der Waals surface area contributed by atoms with Crippen LogP contribution in [0.25, 0.3) is 5.76 Å². The molecule has 31 heavy (non-hydrogen) atoms. The van der Waals surface area contributed by atoms with Crippen molar-refractivity contribution in [1.29, 1.82) is 0 Å². The summed E-state index contributed by atoms with van der Waals surface area (Å²) in [7, 11) is 3.02. The Morgan fingerprint density at radius 1 is 1.16 bits per heavy atom. The molecule has 0 spiro atoms. The van der Waals surface area contributed by atoms with Crippen molar-refractivity contribution in [3.63, 3.8) is 0 Å². The molecule has 164 valence electrons. The van der Waals surface area contributed by atoms with Gasteiger partial charge in [-0.15, -0.1) is 0 Å². The Hall–Kier alpha value is -3.19. The SMILES string of the molecule is COCCN1C(=O)C(=O)/C(=C(/O)c2cc(C(C)(C)C)ccc2OC)C1c1ccccn1. The van der Waals surface area contributed by atoms with Crippen molar-refractivity contribution in [2.45, 2.75) is 32.2 Å². The third-order valence-corrected chi connectivity index (χ3v) is 5.36. The third-order valence-electron chi connectivity index (χ3n) is 5.36. The highest BCUT2D eigenvalue weighted by Gasteiger charge is 2.46. The monoisotopic (exact) mass is 424 g/mol. The summed E-state index contributed by atoms with van der Waals surface area (Å²) in [6.07, 6.45) is 1.59. The molecule has 1 aliphatic heterocycles. The fourth-order valence-electron chi connectivity index (χ4n) is 3.65. The molecule has 1 atom stereocenters. The van der Waals surface area contributed by atoms with E-state index in [1.54, 1.807) is 36.5 Å². The number of ether oxygens (including phenoxy) is 2. The molecule has 0 bridgehead atoms. The van der Waals surface area contributed by atoms with Gasteiger partial charge in [0.25, 0.3) is 11.7 Å². The van der Waals surface area contributed by atoms with Crippen molar-refractivity contribution in [3.05, 3.63) is 65.0 Å². The van der Waals surface area contributed by atoms with Gasteiger partial charge in [-0.2, -0.15) is 0 Å². The number of benzene rings is 1. The minimum Gasteiger partial charge on any atom is -0.507 e. The number of hydrogen-bond donors (Lipinski definition) is 1. The number of likely N-dealkylation sites (tertiary alicyclic amines) is 1. The minimum absolute atomic E-state index is 0.0100. The predicted molar refractivity (Wildman–Crippen MR) is 117 cm³/mol. The second-order valence-electron chi connectivity index (χ2n) is 8.40. The zero-order valence-corrected chi connectivity index (χ0v) is 18.5. The lowest BCUT2D eigenvalue weighted by atomic mass is 9.85. The fourth-order valence-corrected chi connectivity index (χ4v) is 3.65. The van der Waals surface area contributed by atoms with E-state index in [1.807, 2.05) is 6.07 Å². The van der Waals surface area contributed by atoms with Gasteiger partial charge in [-0.3, -0.25) is 14.6 Å². The summed E-state index contributed by atoms with van der Waals surface area (Å²) >= 11 is 0. The van der Waals surface area contributed by atoms with E-state index in [4.69, 9.17) is 9.47 Å². The van der Waals surface area contributed by atoms with Gasteiger partial charge in [0.2, 0.25) is 0 Å². The highest BCUT2D eigenvalue weighted by Crippen LogP contribution is 2.41. The van der Waals surface area contributed by atoms with Crippen molar-refractivity contribution < 1.29 is 24.2 Å². The number of Topliss-reactive ketones (excluding diaryl/α,β-unsaturated/α-hetero) is 1. The van der Waals surface area contributed by atoms with Crippen molar-refractivity contribution in [3.8, 4) is 5.75 Å². The van der Waals surface area contributed by atoms with Crippen LogP contribution in [0.15, 0.2) is 48.2 Å². The molecule has 1 saturated heterocycles. The molecule has 2 aromatic rings. The number of nitrogens with zero attached hydrogens (tertiary/aromatic N) is 2. The summed E-state index contributed by atoms with van der Waals surface area (Å²) in [6, 6.07) is 9.91. The summed E-state index contributed by atoms with van der Waals surface area (Å²) in [6.45, 7) is 6.60. The van der Waals surface area contributed by atoms with E-state index < -0.39 is 17.7 Å². The molecule has 0 saturated carbocycles. The molecule has 0 aliphatic carbocycles. The molecule has 1 fully saturated rings. The first-order valence-corrected chi connectivity index (χ1v) is 10.1. The molecule has 1 aromatic carbocycles. The van der Waals surface area contributed by atoms with E-state index in [0.29, 0.717) is 17.0 Å². The second-order valence-corrected chi connectivity index (χ2v) is 8.40. The zero-order chi connectivity index (χ0) is 22.8. The second kappa shape index (κ2) is 8.89. The van der Waals surface area contributed by atoms with Gasteiger partial charge in [0.15, 0.2) is 0 Å². The Morgan fingerprint density at radius 3 is 2.48 bits per heavy atom. The van der Waals surface area contributed by atoms with Crippen molar-refractivity contribution >= 4 is 17.4 Å². The summed E-state index contributed by atoms with van der Waals surface area (Å²) < 4.78 is 10.6. The number of amides is 1. The van der Waals surface area contributed by atoms with E-state index in [0.717, 1.165) is 5.56 Å². The number of hydrogen-bond acceptors (Lipinski definition) is 6. The maximum atomic E-state index is 13.0. The van der Waals surface area contributed by atoms with Gasteiger partial charge < -0.3 is 19.5 Å². The van der Waals surface area contributed by atoms with Crippen LogP contribution < -0.4 is 4.74 Å². The van der Waals surface area contributed by atoms with Crippen LogP contribution in [-0.2, 0) is 19.7 Å². The quantitative estimate of drug-likeness (QED) is 0.434. The molecule has 1 amide bonds. The lowest BCUT2D eigenvalue weighted by Crippen LogP contribution is -2.33. The lowest BCUT2D eigenvalue weighted by Gasteiger charge is -2.25. The van der Waals surface area contributed by atoms with E-state index in [9.17, 15) is 14.7 Å². The van der Waals surface area contributed by atoms with Crippen LogP contribution in [0.1, 0.15) is 43.6 Å². The normalized spacial score (nSPS) is 18.5. The maximum absolute atomic E-state index is 13.0. The molecule has 1 N–H and O–H groups in total. The molecule has 1 unspecified atom stereocenters. The third kappa shape index (κ3) is 4.32. The molecular formula is C24H28N2O5. The highest BCUT2D eigenvalue weighted by atomic mass is 16.5. The average molecular weight is 424 g/mol. The summed E-state index contributed by atoms with van der Waals surface area (Å²) in [5, 5.41) is 11.3. The number of methoxy groups -OCH3 is 2. The molecule has 2 heterocycles. The maximum Gasteiger partial charge on any atom is 0.295 e. The Kier molecular flexibility index (Phi) is 6.45. The Bertz CT molecular complexity index is 1010. The largest absolute Gasteiger partial charge is 0.507 e. The summed E-state index contributed by atoms with van der Waals surface area (Å²) in [5.74, 6) is -1.32. The Morgan fingerprint density at radius 2 is 1.90 bits per heavy atom. The number of rotatable bonds is 6. The minimum atomic E-state index is -0.820. The van der Waals surface area contributed by atoms with Crippen molar-refractivity contribution in [2.75, 3.05) is 27.4 Å². The smallest absolute Gasteiger partial charge is 0.295 e. The highest BCUT2D eigenvalue weighted by molar-refractivity contribution is 6.46. The summed E-state index contributed by atoms with van der Waals surface area (Å²) in [4.78, 5) is 31.6. The number of carbonyl (C=O) groups is 2. The van der Waals surface area contributed by atoms with E-state index in [-0.39, 0.29) is 29.9 Å². The van der Waals surface area contributed by atoms with E-state index in [1.165, 1.54) is 19.1 Å². The fraction of sp³-hybridized carbons (Fsp3) is 0.375. The Labute approximate surface area is 182 Å².